The smallest absolute Gasteiger partial charge is 0.195 e. The van der Waals surface area contributed by atoms with E-state index >= 15 is 0 Å². The summed E-state index contributed by atoms with van der Waals surface area (Å²) in [5, 5.41) is 7.27. The topological polar surface area (TPSA) is 62.3 Å². The molecule has 4 aromatic rings. The fourth-order valence-corrected chi connectivity index (χ4v) is 2.72. The molecular weight excluding hydrogens is 294 g/mol. The number of benzene rings is 2. The van der Waals surface area contributed by atoms with Gasteiger partial charge in [0.15, 0.2) is 10.6 Å². The lowest BCUT2D eigenvalue weighted by Gasteiger charge is -2.07. The third kappa shape index (κ3) is 2.23. The average Bonchev–Trinajstić information content (AvgIpc) is 3.15. The van der Waals surface area contributed by atoms with E-state index in [1.807, 2.05) is 41.0 Å². The molecule has 0 aliphatic heterocycles. The molecule has 0 radical (unpaired) electrons. The van der Waals surface area contributed by atoms with Crippen LogP contribution in [-0.4, -0.2) is 24.7 Å². The highest BCUT2D eigenvalue weighted by Crippen LogP contribution is 2.22. The van der Waals surface area contributed by atoms with Gasteiger partial charge in [-0.15, -0.1) is 0 Å². The molecule has 0 bridgehead atoms. The minimum atomic E-state index is 0.614. The van der Waals surface area contributed by atoms with Gasteiger partial charge in [-0.1, -0.05) is 30.3 Å². The van der Waals surface area contributed by atoms with Gasteiger partial charge < -0.3 is 4.98 Å². The fraction of sp³-hybridized carbons (Fsp3) is 0.0625. The average molecular weight is 307 g/mol. The number of aromatic nitrogens is 5. The Bertz CT molecular complexity index is 980. The van der Waals surface area contributed by atoms with Gasteiger partial charge in [0.25, 0.3) is 0 Å². The molecule has 2 aromatic carbocycles. The number of nitrogens with zero attached hydrogens (tertiary/aromatic N) is 3. The number of rotatable bonds is 3. The van der Waals surface area contributed by atoms with Crippen LogP contribution in [0.4, 0.5) is 0 Å². The molecule has 5 nitrogen and oxygen atoms in total. The zero-order valence-corrected chi connectivity index (χ0v) is 12.5. The highest BCUT2D eigenvalue weighted by molar-refractivity contribution is 7.71. The van der Waals surface area contributed by atoms with Crippen LogP contribution in [0.25, 0.3) is 22.4 Å². The number of hydrogen-bond donors (Lipinski definition) is 2. The van der Waals surface area contributed by atoms with Crippen LogP contribution in [0, 0.1) is 4.77 Å². The van der Waals surface area contributed by atoms with Crippen LogP contribution in [0.1, 0.15) is 5.56 Å². The first kappa shape index (κ1) is 13.0. The summed E-state index contributed by atoms with van der Waals surface area (Å²) >= 11 is 5.38. The third-order valence-corrected chi connectivity index (χ3v) is 3.93. The van der Waals surface area contributed by atoms with E-state index in [1.54, 1.807) is 6.33 Å². The Balaban J connectivity index is 1.80. The second kappa shape index (κ2) is 5.23. The number of fused-ring (bicyclic) bond motifs is 1. The molecule has 0 saturated carbocycles. The molecule has 2 aromatic heterocycles. The van der Waals surface area contributed by atoms with Gasteiger partial charge >= 0.3 is 0 Å². The first-order valence-electron chi connectivity index (χ1n) is 6.94. The number of aromatic amines is 2. The fourth-order valence-electron chi connectivity index (χ4n) is 2.53. The summed E-state index contributed by atoms with van der Waals surface area (Å²) in [7, 11) is 0. The Morgan fingerprint density at radius 3 is 2.82 bits per heavy atom. The van der Waals surface area contributed by atoms with Crippen LogP contribution in [0.3, 0.4) is 0 Å². The van der Waals surface area contributed by atoms with Crippen molar-refractivity contribution in [3.8, 4) is 11.4 Å². The molecule has 0 aliphatic rings. The van der Waals surface area contributed by atoms with E-state index in [9.17, 15) is 0 Å². The molecule has 0 spiro atoms. The van der Waals surface area contributed by atoms with E-state index in [4.69, 9.17) is 12.2 Å². The van der Waals surface area contributed by atoms with Crippen LogP contribution < -0.4 is 0 Å². The van der Waals surface area contributed by atoms with Crippen molar-refractivity contribution in [1.29, 1.82) is 0 Å². The summed E-state index contributed by atoms with van der Waals surface area (Å²) in [4.78, 5) is 7.36. The zero-order chi connectivity index (χ0) is 14.9. The van der Waals surface area contributed by atoms with Crippen molar-refractivity contribution in [2.24, 2.45) is 0 Å². The third-order valence-electron chi connectivity index (χ3n) is 3.62. The van der Waals surface area contributed by atoms with E-state index in [1.165, 1.54) is 5.56 Å². The summed E-state index contributed by atoms with van der Waals surface area (Å²) < 4.78 is 2.62. The second-order valence-corrected chi connectivity index (χ2v) is 5.45. The van der Waals surface area contributed by atoms with Gasteiger partial charge in [0.05, 0.1) is 23.9 Å². The minimum absolute atomic E-state index is 0.614. The Morgan fingerprint density at radius 2 is 1.95 bits per heavy atom. The maximum Gasteiger partial charge on any atom is 0.195 e. The predicted octanol–water partition coefficient (Wildman–Crippen LogP) is 3.53. The molecule has 108 valence electrons. The number of nitrogens with one attached hydrogen (secondary N) is 2. The molecule has 2 N–H and O–H groups in total. The minimum Gasteiger partial charge on any atom is -0.345 e. The van der Waals surface area contributed by atoms with Crippen molar-refractivity contribution in [1.82, 2.24) is 24.7 Å². The van der Waals surface area contributed by atoms with Crippen LogP contribution in [0.2, 0.25) is 0 Å². The number of H-pyrrole nitrogens is 2. The van der Waals surface area contributed by atoms with Crippen LogP contribution in [0.5, 0.6) is 0 Å². The predicted molar refractivity (Wildman–Crippen MR) is 88.0 cm³/mol. The van der Waals surface area contributed by atoms with Gasteiger partial charge in [-0.05, 0) is 36.0 Å². The zero-order valence-electron chi connectivity index (χ0n) is 11.7. The van der Waals surface area contributed by atoms with Crippen molar-refractivity contribution in [3.05, 3.63) is 65.2 Å². The molecule has 0 amide bonds. The van der Waals surface area contributed by atoms with Crippen LogP contribution >= 0.6 is 12.2 Å². The van der Waals surface area contributed by atoms with Crippen molar-refractivity contribution in [3.63, 3.8) is 0 Å². The highest BCUT2D eigenvalue weighted by Gasteiger charge is 2.10. The standard InChI is InChI=1S/C16H13N5S/c22-16-20-19-15(21(16)9-11-4-2-1-3-5-11)12-6-7-13-14(8-12)18-10-17-13/h1-8,10H,9H2,(H,17,18)(H,20,22). The van der Waals surface area contributed by atoms with Crippen molar-refractivity contribution < 1.29 is 0 Å². The molecular formula is C16H13N5S. The van der Waals surface area contributed by atoms with Gasteiger partial charge in [-0.25, -0.2) is 4.98 Å². The molecule has 0 unspecified atom stereocenters. The van der Waals surface area contributed by atoms with Gasteiger partial charge in [0.1, 0.15) is 0 Å². The Hall–Kier alpha value is -2.73. The molecule has 0 aliphatic carbocycles. The van der Waals surface area contributed by atoms with Gasteiger partial charge in [0, 0.05) is 5.56 Å². The quantitative estimate of drug-likeness (QED) is 0.569. The lowest BCUT2D eigenvalue weighted by molar-refractivity contribution is 0.790. The Labute approximate surface area is 131 Å². The normalized spacial score (nSPS) is 11.1. The Kier molecular flexibility index (Phi) is 3.08. The molecule has 2 heterocycles. The van der Waals surface area contributed by atoms with E-state index in [0.29, 0.717) is 11.3 Å². The van der Waals surface area contributed by atoms with Crippen LogP contribution in [0.15, 0.2) is 54.9 Å². The maximum atomic E-state index is 5.38. The first-order valence-corrected chi connectivity index (χ1v) is 7.35. The lowest BCUT2D eigenvalue weighted by atomic mass is 10.1. The Morgan fingerprint density at radius 1 is 1.09 bits per heavy atom. The summed E-state index contributed by atoms with van der Waals surface area (Å²) in [5.74, 6) is 0.824. The highest BCUT2D eigenvalue weighted by atomic mass is 32.1. The van der Waals surface area contributed by atoms with Crippen molar-refractivity contribution in [2.75, 3.05) is 0 Å². The van der Waals surface area contributed by atoms with E-state index in [2.05, 4.69) is 32.3 Å². The van der Waals surface area contributed by atoms with E-state index < -0.39 is 0 Å². The summed E-state index contributed by atoms with van der Waals surface area (Å²) in [6.45, 7) is 0.687. The first-order chi connectivity index (χ1) is 10.8. The second-order valence-electron chi connectivity index (χ2n) is 5.06. The van der Waals surface area contributed by atoms with Crippen molar-refractivity contribution >= 4 is 23.3 Å². The molecule has 0 saturated heterocycles. The largest absolute Gasteiger partial charge is 0.345 e. The SMILES string of the molecule is S=c1[nH]nc(-c2ccc3nc[nH]c3c2)n1Cc1ccccc1. The molecule has 6 heteroatoms. The molecule has 0 fully saturated rings. The van der Waals surface area contributed by atoms with Gasteiger partial charge in [0.2, 0.25) is 0 Å². The van der Waals surface area contributed by atoms with Crippen molar-refractivity contribution in [2.45, 2.75) is 6.54 Å². The van der Waals surface area contributed by atoms with E-state index in [0.717, 1.165) is 22.4 Å². The summed E-state index contributed by atoms with van der Waals surface area (Å²) in [5.41, 5.74) is 4.11. The molecule has 0 atom stereocenters. The summed E-state index contributed by atoms with van der Waals surface area (Å²) in [6, 6.07) is 16.2. The monoisotopic (exact) mass is 307 g/mol. The molecule has 4 rings (SSSR count). The lowest BCUT2D eigenvalue weighted by Crippen LogP contribution is -2.02. The van der Waals surface area contributed by atoms with E-state index in [-0.39, 0.29) is 0 Å². The molecule has 22 heavy (non-hydrogen) atoms. The maximum absolute atomic E-state index is 5.38. The van der Waals surface area contributed by atoms with Gasteiger partial charge in [-0.3, -0.25) is 9.67 Å². The number of hydrogen-bond acceptors (Lipinski definition) is 3. The van der Waals surface area contributed by atoms with Gasteiger partial charge in [-0.2, -0.15) is 5.10 Å². The number of imidazole rings is 1. The summed E-state index contributed by atoms with van der Waals surface area (Å²) in [6.07, 6.45) is 1.69. The van der Waals surface area contributed by atoms with Crippen LogP contribution in [-0.2, 0) is 6.54 Å².